The van der Waals surface area contributed by atoms with Gasteiger partial charge in [-0.25, -0.2) is 4.98 Å². The molecule has 0 bridgehead atoms. The molecule has 0 amide bonds. The third-order valence-electron chi connectivity index (χ3n) is 5.79. The van der Waals surface area contributed by atoms with E-state index in [4.69, 9.17) is 4.98 Å². The summed E-state index contributed by atoms with van der Waals surface area (Å²) in [5, 5.41) is 0. The van der Waals surface area contributed by atoms with E-state index in [-0.39, 0.29) is 5.56 Å². The Morgan fingerprint density at radius 3 is 2.66 bits per heavy atom. The number of aryl methyl sites for hydroxylation is 1. The van der Waals surface area contributed by atoms with E-state index in [0.29, 0.717) is 23.1 Å². The average molecular weight is 394 g/mol. The summed E-state index contributed by atoms with van der Waals surface area (Å²) in [5.41, 5.74) is 5.86. The van der Waals surface area contributed by atoms with E-state index in [9.17, 15) is 4.79 Å². The molecule has 3 heterocycles. The summed E-state index contributed by atoms with van der Waals surface area (Å²) >= 11 is 0. The van der Waals surface area contributed by atoms with Crippen molar-refractivity contribution >= 4 is 17.0 Å². The topological polar surface area (TPSA) is 53.2 Å². The number of aliphatic imine (C=N–C) groups is 1. The summed E-state index contributed by atoms with van der Waals surface area (Å²) in [7, 11) is 3.87. The van der Waals surface area contributed by atoms with Crippen molar-refractivity contribution in [2.45, 2.75) is 33.7 Å². The molecular formula is C23H31N5O. The highest BCUT2D eigenvalue weighted by Crippen LogP contribution is 2.21. The van der Waals surface area contributed by atoms with Gasteiger partial charge in [0.25, 0.3) is 5.56 Å². The summed E-state index contributed by atoms with van der Waals surface area (Å²) in [6.07, 6.45) is 3.84. The Balaban J connectivity index is 2.06. The monoisotopic (exact) mass is 393 g/mol. The van der Waals surface area contributed by atoms with E-state index < -0.39 is 0 Å². The van der Waals surface area contributed by atoms with E-state index >= 15 is 0 Å². The van der Waals surface area contributed by atoms with Gasteiger partial charge in [-0.3, -0.25) is 14.2 Å². The molecule has 0 saturated carbocycles. The maximum atomic E-state index is 12.9. The fourth-order valence-electron chi connectivity index (χ4n) is 3.52. The molecule has 0 aromatic carbocycles. The van der Waals surface area contributed by atoms with Gasteiger partial charge in [-0.2, -0.15) is 0 Å². The Bertz CT molecular complexity index is 1060. The van der Waals surface area contributed by atoms with Crippen molar-refractivity contribution < 1.29 is 0 Å². The summed E-state index contributed by atoms with van der Waals surface area (Å²) in [6, 6.07) is 4.16. The molecule has 3 rings (SSSR count). The Morgan fingerprint density at radius 2 is 2.03 bits per heavy atom. The summed E-state index contributed by atoms with van der Waals surface area (Å²) in [6.45, 7) is 15.0. The van der Waals surface area contributed by atoms with Crippen LogP contribution in [0, 0.1) is 6.92 Å². The van der Waals surface area contributed by atoms with E-state index in [1.54, 1.807) is 17.5 Å². The Hall–Kier alpha value is -2.73. The van der Waals surface area contributed by atoms with Crippen molar-refractivity contribution in [1.29, 1.82) is 0 Å². The molecule has 1 saturated heterocycles. The third-order valence-corrected chi connectivity index (χ3v) is 5.79. The predicted molar refractivity (Wildman–Crippen MR) is 122 cm³/mol. The molecule has 0 aliphatic carbocycles. The highest BCUT2D eigenvalue weighted by atomic mass is 16.1. The molecule has 1 atom stereocenters. The van der Waals surface area contributed by atoms with Crippen LogP contribution in [0.1, 0.15) is 32.0 Å². The fraction of sp³-hybridized carbons (Fsp3) is 0.435. The van der Waals surface area contributed by atoms with Crippen LogP contribution in [0.4, 0.5) is 5.69 Å². The summed E-state index contributed by atoms with van der Waals surface area (Å²) in [5.74, 6) is 0. The first kappa shape index (κ1) is 21.0. The zero-order valence-electron chi connectivity index (χ0n) is 18.4. The quantitative estimate of drug-likeness (QED) is 0.592. The van der Waals surface area contributed by atoms with E-state index in [0.717, 1.165) is 42.0 Å². The van der Waals surface area contributed by atoms with E-state index in [1.807, 2.05) is 33.0 Å². The molecule has 2 aromatic heterocycles. The maximum Gasteiger partial charge on any atom is 0.258 e. The van der Waals surface area contributed by atoms with Gasteiger partial charge in [-0.05, 0) is 58.0 Å². The molecule has 2 aromatic rings. The van der Waals surface area contributed by atoms with Crippen LogP contribution in [0.25, 0.3) is 5.65 Å². The normalized spacial score (nSPS) is 19.1. The SMILES string of the molecule is C=C(C)/C(C)=C/C(=NC)c1cc(=O)n2cc(N3CCN(C)[C@H](C)C3)cc(C)c2n1. The lowest BCUT2D eigenvalue weighted by Crippen LogP contribution is -2.50. The van der Waals surface area contributed by atoms with Crippen LogP contribution in [0.2, 0.25) is 0 Å². The lowest BCUT2D eigenvalue weighted by atomic mass is 10.1. The second kappa shape index (κ2) is 8.33. The molecule has 0 N–H and O–H groups in total. The third kappa shape index (κ3) is 4.32. The molecule has 0 unspecified atom stereocenters. The van der Waals surface area contributed by atoms with Crippen molar-refractivity contribution in [2.24, 2.45) is 4.99 Å². The number of aromatic nitrogens is 2. The van der Waals surface area contributed by atoms with Crippen LogP contribution in [-0.2, 0) is 0 Å². The van der Waals surface area contributed by atoms with E-state index in [2.05, 4.69) is 41.4 Å². The van der Waals surface area contributed by atoms with Crippen LogP contribution in [-0.4, -0.2) is 59.8 Å². The Labute approximate surface area is 172 Å². The number of nitrogens with zero attached hydrogens (tertiary/aromatic N) is 5. The van der Waals surface area contributed by atoms with Gasteiger partial charge in [-0.15, -0.1) is 0 Å². The first-order chi connectivity index (χ1) is 13.7. The summed E-state index contributed by atoms with van der Waals surface area (Å²) < 4.78 is 1.65. The van der Waals surface area contributed by atoms with Gasteiger partial charge in [0.2, 0.25) is 0 Å². The molecule has 6 heteroatoms. The molecule has 1 fully saturated rings. The zero-order chi connectivity index (χ0) is 21.3. The van der Waals surface area contributed by atoms with Crippen LogP contribution in [0.5, 0.6) is 0 Å². The second-order valence-corrected chi connectivity index (χ2v) is 8.05. The van der Waals surface area contributed by atoms with Crippen LogP contribution < -0.4 is 10.5 Å². The lowest BCUT2D eigenvalue weighted by molar-refractivity contribution is 0.234. The summed E-state index contributed by atoms with van der Waals surface area (Å²) in [4.78, 5) is 26.8. The molecule has 0 spiro atoms. The largest absolute Gasteiger partial charge is 0.367 e. The van der Waals surface area contributed by atoms with Gasteiger partial charge < -0.3 is 9.80 Å². The van der Waals surface area contributed by atoms with Gasteiger partial charge in [0, 0.05) is 45.0 Å². The lowest BCUT2D eigenvalue weighted by Gasteiger charge is -2.39. The Morgan fingerprint density at radius 1 is 1.31 bits per heavy atom. The van der Waals surface area contributed by atoms with Gasteiger partial charge in [0.1, 0.15) is 5.65 Å². The van der Waals surface area contributed by atoms with Crippen molar-refractivity contribution in [3.63, 3.8) is 0 Å². The smallest absolute Gasteiger partial charge is 0.258 e. The second-order valence-electron chi connectivity index (χ2n) is 8.05. The van der Waals surface area contributed by atoms with Crippen LogP contribution >= 0.6 is 0 Å². The van der Waals surface area contributed by atoms with E-state index in [1.165, 1.54) is 0 Å². The number of rotatable bonds is 4. The van der Waals surface area contributed by atoms with Gasteiger partial charge >= 0.3 is 0 Å². The standard InChI is InChI=1S/C23H31N5O/c1-15(2)16(3)11-20(24-6)21-12-22(29)28-14-19(10-17(4)23(28)25-21)27-9-8-26(7)18(5)13-27/h10-12,14,18H,1,8-9,13H2,2-7H3/b16-11+,24-20?/t18-/m1/s1. The minimum absolute atomic E-state index is 0.0975. The number of fused-ring (bicyclic) bond motifs is 1. The maximum absolute atomic E-state index is 12.9. The molecule has 1 aliphatic heterocycles. The van der Waals surface area contributed by atoms with Crippen molar-refractivity contribution in [3.8, 4) is 0 Å². The number of likely N-dealkylation sites (N-methyl/N-ethyl adjacent to an activating group) is 1. The van der Waals surface area contributed by atoms with Crippen LogP contribution in [0.15, 0.2) is 51.9 Å². The number of pyridine rings is 1. The molecule has 154 valence electrons. The van der Waals surface area contributed by atoms with Gasteiger partial charge in [-0.1, -0.05) is 12.2 Å². The number of anilines is 1. The molecular weight excluding hydrogens is 362 g/mol. The number of hydrogen-bond acceptors (Lipinski definition) is 5. The number of piperazine rings is 1. The van der Waals surface area contributed by atoms with Crippen molar-refractivity contribution in [3.05, 3.63) is 63.7 Å². The highest BCUT2D eigenvalue weighted by molar-refractivity contribution is 6.08. The Kier molecular flexibility index (Phi) is 6.03. The number of allylic oxidation sites excluding steroid dienone is 3. The minimum atomic E-state index is -0.0975. The zero-order valence-corrected chi connectivity index (χ0v) is 18.4. The average Bonchev–Trinajstić information content (AvgIpc) is 2.68. The molecule has 29 heavy (non-hydrogen) atoms. The molecule has 1 aliphatic rings. The van der Waals surface area contributed by atoms with Gasteiger partial charge in [0.15, 0.2) is 0 Å². The van der Waals surface area contributed by atoms with Gasteiger partial charge in [0.05, 0.1) is 17.1 Å². The first-order valence-electron chi connectivity index (χ1n) is 10.0. The van der Waals surface area contributed by atoms with Crippen molar-refractivity contribution in [2.75, 3.05) is 38.6 Å². The van der Waals surface area contributed by atoms with Crippen LogP contribution in [0.3, 0.4) is 0 Å². The minimum Gasteiger partial charge on any atom is -0.367 e. The van der Waals surface area contributed by atoms with Crippen molar-refractivity contribution in [1.82, 2.24) is 14.3 Å². The molecule has 0 radical (unpaired) electrons. The predicted octanol–water partition coefficient (Wildman–Crippen LogP) is 3.08. The fourth-order valence-corrected chi connectivity index (χ4v) is 3.52. The first-order valence-corrected chi connectivity index (χ1v) is 10.0. The number of hydrogen-bond donors (Lipinski definition) is 0. The highest BCUT2D eigenvalue weighted by Gasteiger charge is 2.22. The molecule has 6 nitrogen and oxygen atoms in total.